The van der Waals surface area contributed by atoms with Crippen molar-refractivity contribution >= 4 is 11.7 Å². The van der Waals surface area contributed by atoms with E-state index < -0.39 is 0 Å². The number of hydrogen-bond acceptors (Lipinski definition) is 4. The number of anilines is 1. The Morgan fingerprint density at radius 3 is 2.76 bits per heavy atom. The minimum absolute atomic E-state index is 0.0374. The first-order valence-corrected chi connectivity index (χ1v) is 5.66. The van der Waals surface area contributed by atoms with Crippen LogP contribution in [0.5, 0.6) is 0 Å². The van der Waals surface area contributed by atoms with Crippen molar-refractivity contribution in [2.45, 2.75) is 13.5 Å². The Kier molecular flexibility index (Phi) is 4.90. The van der Waals surface area contributed by atoms with Crippen LogP contribution in [0.4, 0.5) is 5.82 Å². The van der Waals surface area contributed by atoms with Gasteiger partial charge in [0.05, 0.1) is 5.92 Å². The van der Waals surface area contributed by atoms with Gasteiger partial charge in [-0.3, -0.25) is 4.79 Å². The van der Waals surface area contributed by atoms with Crippen molar-refractivity contribution < 1.29 is 4.79 Å². The van der Waals surface area contributed by atoms with Crippen molar-refractivity contribution in [3.63, 3.8) is 0 Å². The third-order valence-corrected chi connectivity index (χ3v) is 2.68. The number of amides is 1. The first-order chi connectivity index (χ1) is 8.08. The predicted molar refractivity (Wildman–Crippen MR) is 68.6 cm³/mol. The highest BCUT2D eigenvalue weighted by Gasteiger charge is 2.14. The first-order valence-electron chi connectivity index (χ1n) is 5.66. The van der Waals surface area contributed by atoms with Crippen LogP contribution < -0.4 is 16.0 Å². The second-order valence-corrected chi connectivity index (χ2v) is 4.12. The van der Waals surface area contributed by atoms with Crippen LogP contribution in [0.1, 0.15) is 12.5 Å². The average molecular weight is 236 g/mol. The Morgan fingerprint density at radius 1 is 1.59 bits per heavy atom. The third kappa shape index (κ3) is 3.71. The minimum atomic E-state index is -0.0685. The zero-order valence-electron chi connectivity index (χ0n) is 10.6. The number of rotatable bonds is 5. The molecule has 0 fully saturated rings. The fourth-order valence-corrected chi connectivity index (χ4v) is 1.60. The Morgan fingerprint density at radius 2 is 2.29 bits per heavy atom. The van der Waals surface area contributed by atoms with Gasteiger partial charge in [0.1, 0.15) is 5.82 Å². The van der Waals surface area contributed by atoms with Crippen LogP contribution in [-0.4, -0.2) is 31.5 Å². The maximum Gasteiger partial charge on any atom is 0.224 e. The van der Waals surface area contributed by atoms with Gasteiger partial charge < -0.3 is 16.0 Å². The van der Waals surface area contributed by atoms with Crippen LogP contribution in [0.3, 0.4) is 0 Å². The van der Waals surface area contributed by atoms with Crippen LogP contribution in [0.15, 0.2) is 18.3 Å². The van der Waals surface area contributed by atoms with Gasteiger partial charge in [0, 0.05) is 33.4 Å². The summed E-state index contributed by atoms with van der Waals surface area (Å²) in [4.78, 5) is 17.7. The molecule has 0 aliphatic carbocycles. The van der Waals surface area contributed by atoms with Crippen LogP contribution in [-0.2, 0) is 11.3 Å². The molecule has 1 aromatic rings. The fourth-order valence-electron chi connectivity index (χ4n) is 1.60. The van der Waals surface area contributed by atoms with Gasteiger partial charge >= 0.3 is 0 Å². The van der Waals surface area contributed by atoms with Gasteiger partial charge in [0.15, 0.2) is 0 Å². The van der Waals surface area contributed by atoms with Crippen molar-refractivity contribution in [3.8, 4) is 0 Å². The number of carbonyl (C=O) groups is 1. The SMILES string of the molecule is CNC(=O)C(C)CN(C)c1ccc(CN)cn1. The Balaban J connectivity index is 2.62. The molecule has 1 heterocycles. The van der Waals surface area contributed by atoms with Gasteiger partial charge in [-0.1, -0.05) is 13.0 Å². The lowest BCUT2D eigenvalue weighted by molar-refractivity contribution is -0.123. The summed E-state index contributed by atoms with van der Waals surface area (Å²) in [5.74, 6) is 0.814. The lowest BCUT2D eigenvalue weighted by Gasteiger charge is -2.21. The number of pyridine rings is 1. The van der Waals surface area contributed by atoms with Crippen LogP contribution in [0.25, 0.3) is 0 Å². The molecule has 0 bridgehead atoms. The van der Waals surface area contributed by atoms with Gasteiger partial charge in [-0.2, -0.15) is 0 Å². The maximum atomic E-state index is 11.4. The highest BCUT2D eigenvalue weighted by molar-refractivity contribution is 5.78. The molecule has 0 spiro atoms. The molecule has 94 valence electrons. The molecule has 0 saturated carbocycles. The topological polar surface area (TPSA) is 71.2 Å². The van der Waals surface area contributed by atoms with Gasteiger partial charge in [0.2, 0.25) is 5.91 Å². The van der Waals surface area contributed by atoms with Crippen LogP contribution in [0, 0.1) is 5.92 Å². The van der Waals surface area contributed by atoms with E-state index in [0.29, 0.717) is 13.1 Å². The molecule has 17 heavy (non-hydrogen) atoms. The summed E-state index contributed by atoms with van der Waals surface area (Å²) in [5.41, 5.74) is 6.51. The van der Waals surface area contributed by atoms with E-state index in [1.54, 1.807) is 13.2 Å². The molecule has 5 nitrogen and oxygen atoms in total. The molecular weight excluding hydrogens is 216 g/mol. The molecule has 3 N–H and O–H groups in total. The number of nitrogens with one attached hydrogen (secondary N) is 1. The van der Waals surface area contributed by atoms with Gasteiger partial charge in [-0.25, -0.2) is 4.98 Å². The van der Waals surface area contributed by atoms with E-state index in [1.165, 1.54) is 0 Å². The molecule has 0 aliphatic rings. The summed E-state index contributed by atoms with van der Waals surface area (Å²) in [5, 5.41) is 2.64. The summed E-state index contributed by atoms with van der Waals surface area (Å²) in [6.07, 6.45) is 1.76. The standard InChI is InChI=1S/C12H20N4O/c1-9(12(17)14-2)8-16(3)11-5-4-10(6-13)7-15-11/h4-5,7,9H,6,8,13H2,1-3H3,(H,14,17). The van der Waals surface area contributed by atoms with Gasteiger partial charge in [-0.05, 0) is 11.6 Å². The van der Waals surface area contributed by atoms with Crippen molar-refractivity contribution in [3.05, 3.63) is 23.9 Å². The molecule has 0 radical (unpaired) electrons. The molecule has 0 aliphatic heterocycles. The van der Waals surface area contributed by atoms with Crippen molar-refractivity contribution in [2.75, 3.05) is 25.5 Å². The molecule has 1 amide bonds. The third-order valence-electron chi connectivity index (χ3n) is 2.68. The molecular formula is C12H20N4O. The summed E-state index contributed by atoms with van der Waals surface area (Å²) in [7, 11) is 3.57. The molecule has 1 aromatic heterocycles. The molecule has 1 rings (SSSR count). The molecule has 0 aromatic carbocycles. The number of nitrogens with two attached hydrogens (primary N) is 1. The van der Waals surface area contributed by atoms with E-state index in [4.69, 9.17) is 5.73 Å². The zero-order valence-corrected chi connectivity index (χ0v) is 10.6. The highest BCUT2D eigenvalue weighted by Crippen LogP contribution is 2.11. The second-order valence-electron chi connectivity index (χ2n) is 4.12. The fraction of sp³-hybridized carbons (Fsp3) is 0.500. The lowest BCUT2D eigenvalue weighted by atomic mass is 10.1. The Hall–Kier alpha value is -1.62. The monoisotopic (exact) mass is 236 g/mol. The number of aromatic nitrogens is 1. The van der Waals surface area contributed by atoms with E-state index in [-0.39, 0.29) is 11.8 Å². The predicted octanol–water partition coefficient (Wildman–Crippen LogP) is 0.359. The normalized spacial score (nSPS) is 12.0. The number of hydrogen-bond donors (Lipinski definition) is 2. The minimum Gasteiger partial charge on any atom is -0.359 e. The summed E-state index contributed by atoms with van der Waals surface area (Å²) in [6.45, 7) is 3.02. The lowest BCUT2D eigenvalue weighted by Crippen LogP contribution is -2.34. The molecule has 5 heteroatoms. The van der Waals surface area contributed by atoms with E-state index in [9.17, 15) is 4.79 Å². The summed E-state index contributed by atoms with van der Waals surface area (Å²) < 4.78 is 0. The van der Waals surface area contributed by atoms with Crippen LogP contribution >= 0.6 is 0 Å². The number of nitrogens with zero attached hydrogens (tertiary/aromatic N) is 2. The maximum absolute atomic E-state index is 11.4. The van der Waals surface area contributed by atoms with E-state index in [1.807, 2.05) is 31.0 Å². The Bertz CT molecular complexity index is 363. The highest BCUT2D eigenvalue weighted by atomic mass is 16.1. The van der Waals surface area contributed by atoms with E-state index in [2.05, 4.69) is 10.3 Å². The zero-order chi connectivity index (χ0) is 12.8. The van der Waals surface area contributed by atoms with Gasteiger partial charge in [0.25, 0.3) is 0 Å². The first kappa shape index (κ1) is 13.4. The van der Waals surface area contributed by atoms with E-state index in [0.717, 1.165) is 11.4 Å². The van der Waals surface area contributed by atoms with Gasteiger partial charge in [-0.15, -0.1) is 0 Å². The average Bonchev–Trinajstić information content (AvgIpc) is 2.37. The summed E-state index contributed by atoms with van der Waals surface area (Å²) >= 11 is 0. The molecule has 0 saturated heterocycles. The van der Waals surface area contributed by atoms with Crippen molar-refractivity contribution in [1.82, 2.24) is 10.3 Å². The smallest absolute Gasteiger partial charge is 0.224 e. The number of carbonyl (C=O) groups excluding carboxylic acids is 1. The second kappa shape index (κ2) is 6.20. The molecule has 1 atom stereocenters. The van der Waals surface area contributed by atoms with Crippen molar-refractivity contribution in [2.24, 2.45) is 11.7 Å². The van der Waals surface area contributed by atoms with E-state index >= 15 is 0 Å². The Labute approximate surface area is 102 Å². The largest absolute Gasteiger partial charge is 0.359 e. The summed E-state index contributed by atoms with van der Waals surface area (Å²) in [6, 6.07) is 3.86. The van der Waals surface area contributed by atoms with Crippen molar-refractivity contribution in [1.29, 1.82) is 0 Å². The quantitative estimate of drug-likeness (QED) is 0.774. The van der Waals surface area contributed by atoms with Crippen LogP contribution in [0.2, 0.25) is 0 Å². The molecule has 1 unspecified atom stereocenters.